The number of halogens is 1. The molecule has 0 spiro atoms. The molecule has 0 bridgehead atoms. The van der Waals surface area contributed by atoms with Gasteiger partial charge in [0.1, 0.15) is 6.67 Å². The van der Waals surface area contributed by atoms with Crippen molar-refractivity contribution in [3.05, 3.63) is 47.6 Å². The summed E-state index contributed by atoms with van der Waals surface area (Å²) < 4.78 is 12.7. The van der Waals surface area contributed by atoms with E-state index in [0.29, 0.717) is 5.92 Å². The molecule has 0 saturated carbocycles. The Morgan fingerprint density at radius 3 is 2.79 bits per heavy atom. The van der Waals surface area contributed by atoms with E-state index in [1.807, 2.05) is 13.0 Å². The van der Waals surface area contributed by atoms with Crippen molar-refractivity contribution in [2.75, 3.05) is 6.67 Å². The van der Waals surface area contributed by atoms with Gasteiger partial charge in [0.2, 0.25) is 0 Å². The first-order chi connectivity index (χ1) is 9.13. The molecule has 3 unspecified atom stereocenters. The minimum absolute atomic E-state index is 0.141. The van der Waals surface area contributed by atoms with Crippen LogP contribution in [0.2, 0.25) is 0 Å². The van der Waals surface area contributed by atoms with Crippen molar-refractivity contribution in [1.29, 1.82) is 0 Å². The van der Waals surface area contributed by atoms with Gasteiger partial charge in [-0.15, -0.1) is 0 Å². The smallest absolute Gasteiger partial charge is 0.105 e. The normalized spacial score (nSPS) is 23.5. The second kappa shape index (κ2) is 8.11. The highest BCUT2D eigenvalue weighted by atomic mass is 19.1. The van der Waals surface area contributed by atoms with E-state index in [2.05, 4.69) is 44.2 Å². The first kappa shape index (κ1) is 15.9. The summed E-state index contributed by atoms with van der Waals surface area (Å²) in [5.74, 6) is 0.598. The fraction of sp³-hybridized carbons (Fsp3) is 0.529. The average molecular weight is 263 g/mol. The molecule has 1 nitrogen and oxygen atoms in total. The van der Waals surface area contributed by atoms with Gasteiger partial charge in [-0.3, -0.25) is 0 Å². The summed E-state index contributed by atoms with van der Waals surface area (Å²) in [6, 6.07) is -0.378. The Morgan fingerprint density at radius 1 is 1.58 bits per heavy atom. The van der Waals surface area contributed by atoms with Gasteiger partial charge in [0.05, 0.1) is 0 Å². The predicted molar refractivity (Wildman–Crippen MR) is 81.6 cm³/mol. The van der Waals surface area contributed by atoms with Crippen LogP contribution in [-0.2, 0) is 0 Å². The van der Waals surface area contributed by atoms with Crippen LogP contribution in [0.15, 0.2) is 47.6 Å². The van der Waals surface area contributed by atoms with Gasteiger partial charge < -0.3 is 5.73 Å². The Labute approximate surface area is 116 Å². The molecule has 1 rings (SSSR count). The van der Waals surface area contributed by atoms with Crippen LogP contribution in [0.4, 0.5) is 4.39 Å². The molecule has 0 aromatic heterocycles. The van der Waals surface area contributed by atoms with Crippen molar-refractivity contribution in [2.24, 2.45) is 17.6 Å². The molecule has 3 atom stereocenters. The highest BCUT2D eigenvalue weighted by Crippen LogP contribution is 2.29. The lowest BCUT2D eigenvalue weighted by Gasteiger charge is -2.25. The molecule has 1 aliphatic rings. The van der Waals surface area contributed by atoms with Crippen LogP contribution in [0, 0.1) is 11.8 Å². The average Bonchev–Trinajstić information content (AvgIpc) is 2.46. The largest absolute Gasteiger partial charge is 0.325 e. The van der Waals surface area contributed by atoms with E-state index in [1.165, 1.54) is 11.1 Å². The van der Waals surface area contributed by atoms with Crippen LogP contribution < -0.4 is 5.73 Å². The third-order valence-electron chi connectivity index (χ3n) is 3.83. The Morgan fingerprint density at radius 2 is 2.32 bits per heavy atom. The van der Waals surface area contributed by atoms with E-state index in [-0.39, 0.29) is 12.0 Å². The number of allylic oxidation sites excluding steroid dienone is 7. The molecule has 0 fully saturated rings. The third-order valence-corrected chi connectivity index (χ3v) is 3.83. The summed E-state index contributed by atoms with van der Waals surface area (Å²) in [5.41, 5.74) is 8.40. The van der Waals surface area contributed by atoms with Gasteiger partial charge >= 0.3 is 0 Å². The summed E-state index contributed by atoms with van der Waals surface area (Å²) >= 11 is 0. The molecule has 2 N–H and O–H groups in total. The van der Waals surface area contributed by atoms with Gasteiger partial charge in [-0.05, 0) is 32.3 Å². The number of hydrogen-bond donors (Lipinski definition) is 1. The van der Waals surface area contributed by atoms with E-state index in [4.69, 9.17) is 5.73 Å². The van der Waals surface area contributed by atoms with Gasteiger partial charge in [-0.2, -0.15) is 0 Å². The zero-order valence-corrected chi connectivity index (χ0v) is 12.3. The van der Waals surface area contributed by atoms with E-state index in [1.54, 1.807) is 0 Å². The molecule has 106 valence electrons. The highest BCUT2D eigenvalue weighted by molar-refractivity contribution is 5.31. The quantitative estimate of drug-likeness (QED) is 0.709. The highest BCUT2D eigenvalue weighted by Gasteiger charge is 2.21. The maximum atomic E-state index is 12.7. The summed E-state index contributed by atoms with van der Waals surface area (Å²) in [5, 5.41) is 0. The number of nitrogens with two attached hydrogens (primary N) is 1. The fourth-order valence-corrected chi connectivity index (χ4v) is 2.51. The summed E-state index contributed by atoms with van der Waals surface area (Å²) in [6.07, 6.45) is 14.7. The van der Waals surface area contributed by atoms with E-state index < -0.39 is 6.67 Å². The van der Waals surface area contributed by atoms with Crippen LogP contribution in [0.1, 0.15) is 33.6 Å². The van der Waals surface area contributed by atoms with Crippen molar-refractivity contribution >= 4 is 0 Å². The predicted octanol–water partition coefficient (Wildman–Crippen LogP) is 4.33. The number of hydrogen-bond acceptors (Lipinski definition) is 1. The van der Waals surface area contributed by atoms with Crippen molar-refractivity contribution in [2.45, 2.75) is 39.7 Å². The molecule has 0 aromatic rings. The van der Waals surface area contributed by atoms with Gasteiger partial charge in [-0.1, -0.05) is 49.0 Å². The van der Waals surface area contributed by atoms with Gasteiger partial charge in [0.25, 0.3) is 0 Å². The van der Waals surface area contributed by atoms with E-state index >= 15 is 0 Å². The standard InChI is InChI=1S/C17H26FN/c1-4-6-7-13(3)14-8-10-15(11-9-14)16(5-2)17(19)12-18/h4,6-8,10-11,14,16-17H,5,9,12,19H2,1-3H3/b6-4-,13-7+. The van der Waals surface area contributed by atoms with Gasteiger partial charge in [0, 0.05) is 17.9 Å². The molecule has 0 aliphatic heterocycles. The Bertz CT molecular complexity index is 390. The first-order valence-electron chi connectivity index (χ1n) is 7.13. The minimum Gasteiger partial charge on any atom is -0.325 e. The molecular formula is C17H26FN. The third kappa shape index (κ3) is 4.46. The van der Waals surface area contributed by atoms with Crippen LogP contribution in [0.25, 0.3) is 0 Å². The molecule has 0 amide bonds. The van der Waals surface area contributed by atoms with Gasteiger partial charge in [0.15, 0.2) is 0 Å². The van der Waals surface area contributed by atoms with Crippen molar-refractivity contribution in [3.63, 3.8) is 0 Å². The molecule has 0 aromatic carbocycles. The van der Waals surface area contributed by atoms with Crippen LogP contribution in [-0.4, -0.2) is 12.7 Å². The maximum Gasteiger partial charge on any atom is 0.105 e. The van der Waals surface area contributed by atoms with Crippen molar-refractivity contribution in [3.8, 4) is 0 Å². The SMILES string of the molecule is C/C=C\C=C(/C)C1C=CC(C(CC)C(N)CF)=CC1. The molecule has 0 heterocycles. The molecule has 1 aliphatic carbocycles. The number of alkyl halides is 1. The van der Waals surface area contributed by atoms with Crippen molar-refractivity contribution in [1.82, 2.24) is 0 Å². The monoisotopic (exact) mass is 263 g/mol. The lowest BCUT2D eigenvalue weighted by atomic mass is 9.82. The van der Waals surface area contributed by atoms with E-state index in [9.17, 15) is 4.39 Å². The molecule has 2 heteroatoms. The second-order valence-electron chi connectivity index (χ2n) is 5.17. The summed E-state index contributed by atoms with van der Waals surface area (Å²) in [4.78, 5) is 0. The molecule has 19 heavy (non-hydrogen) atoms. The zero-order chi connectivity index (χ0) is 14.3. The Hall–Kier alpha value is -1.15. The zero-order valence-electron chi connectivity index (χ0n) is 12.3. The molecule has 0 radical (unpaired) electrons. The molecule has 0 saturated heterocycles. The Kier molecular flexibility index (Phi) is 6.79. The van der Waals surface area contributed by atoms with Crippen LogP contribution >= 0.6 is 0 Å². The minimum atomic E-state index is -0.451. The Balaban J connectivity index is 2.71. The lowest BCUT2D eigenvalue weighted by Crippen LogP contribution is -2.33. The maximum absolute atomic E-state index is 12.7. The van der Waals surface area contributed by atoms with Gasteiger partial charge in [-0.25, -0.2) is 4.39 Å². The summed E-state index contributed by atoms with van der Waals surface area (Å²) in [7, 11) is 0. The lowest BCUT2D eigenvalue weighted by molar-refractivity contribution is 0.357. The fourth-order valence-electron chi connectivity index (χ4n) is 2.51. The topological polar surface area (TPSA) is 26.0 Å². The number of rotatable bonds is 6. The van der Waals surface area contributed by atoms with E-state index in [0.717, 1.165) is 12.8 Å². The molecular weight excluding hydrogens is 237 g/mol. The van der Waals surface area contributed by atoms with Crippen molar-refractivity contribution < 1.29 is 4.39 Å². The summed E-state index contributed by atoms with van der Waals surface area (Å²) in [6.45, 7) is 5.78. The van der Waals surface area contributed by atoms with Crippen LogP contribution in [0.5, 0.6) is 0 Å². The first-order valence-corrected chi connectivity index (χ1v) is 7.13. The second-order valence-corrected chi connectivity index (χ2v) is 5.17. The van der Waals surface area contributed by atoms with Crippen LogP contribution in [0.3, 0.4) is 0 Å².